The molecule has 2 heterocycles. The first-order chi connectivity index (χ1) is 10.3. The molecule has 1 aromatic rings. The Bertz CT molecular complexity index is 522. The zero-order valence-electron chi connectivity index (χ0n) is 13.2. The highest BCUT2D eigenvalue weighted by Crippen LogP contribution is 2.26. The van der Waals surface area contributed by atoms with E-state index in [9.17, 15) is 4.79 Å². The van der Waals surface area contributed by atoms with Gasteiger partial charge in [0, 0.05) is 24.9 Å². The Morgan fingerprint density at radius 2 is 2.27 bits per heavy atom. The SMILES string of the molecule is CC(C)(C)OC(=O)N1CCC[C@@H](CSc2cc(Cl)ncn2)C1. The van der Waals surface area contributed by atoms with Gasteiger partial charge in [0.1, 0.15) is 22.1 Å². The van der Waals surface area contributed by atoms with E-state index in [2.05, 4.69) is 9.97 Å². The molecule has 0 spiro atoms. The number of carbonyl (C=O) groups is 1. The van der Waals surface area contributed by atoms with E-state index in [1.807, 2.05) is 25.7 Å². The normalized spacial score (nSPS) is 19.1. The van der Waals surface area contributed by atoms with Crippen LogP contribution in [0.1, 0.15) is 33.6 Å². The number of halogens is 1. The summed E-state index contributed by atoms with van der Waals surface area (Å²) in [6.45, 7) is 7.18. The predicted molar refractivity (Wildman–Crippen MR) is 88.3 cm³/mol. The third-order valence-corrected chi connectivity index (χ3v) is 4.61. The molecule has 2 rings (SSSR count). The predicted octanol–water partition coefficient (Wildman–Crippen LogP) is 3.87. The quantitative estimate of drug-likeness (QED) is 0.616. The lowest BCUT2D eigenvalue weighted by Gasteiger charge is -2.34. The van der Waals surface area contributed by atoms with E-state index in [0.29, 0.717) is 11.1 Å². The van der Waals surface area contributed by atoms with Gasteiger partial charge in [-0.3, -0.25) is 0 Å². The Morgan fingerprint density at radius 3 is 2.95 bits per heavy atom. The molecular weight excluding hydrogens is 322 g/mol. The van der Waals surface area contributed by atoms with Crippen LogP contribution in [0.4, 0.5) is 4.79 Å². The summed E-state index contributed by atoms with van der Waals surface area (Å²) in [6.07, 6.45) is 3.38. The molecule has 0 radical (unpaired) electrons. The Balaban J connectivity index is 1.84. The summed E-state index contributed by atoms with van der Waals surface area (Å²) in [6, 6.07) is 1.76. The Morgan fingerprint density at radius 1 is 1.50 bits per heavy atom. The van der Waals surface area contributed by atoms with Crippen molar-refractivity contribution in [3.05, 3.63) is 17.5 Å². The molecule has 5 nitrogen and oxygen atoms in total. The summed E-state index contributed by atoms with van der Waals surface area (Å²) < 4.78 is 5.45. The number of amides is 1. The van der Waals surface area contributed by atoms with Crippen molar-refractivity contribution in [3.8, 4) is 0 Å². The van der Waals surface area contributed by atoms with Gasteiger partial charge in [-0.1, -0.05) is 11.6 Å². The number of ether oxygens (including phenoxy) is 1. The molecule has 0 unspecified atom stereocenters. The van der Waals surface area contributed by atoms with Crippen LogP contribution in [0.25, 0.3) is 0 Å². The maximum absolute atomic E-state index is 12.1. The number of nitrogens with zero attached hydrogens (tertiary/aromatic N) is 3. The molecule has 1 aromatic heterocycles. The van der Waals surface area contributed by atoms with E-state index in [-0.39, 0.29) is 6.09 Å². The van der Waals surface area contributed by atoms with Gasteiger partial charge in [0.2, 0.25) is 0 Å². The molecule has 0 N–H and O–H groups in total. The van der Waals surface area contributed by atoms with Crippen LogP contribution in [-0.4, -0.2) is 45.4 Å². The van der Waals surface area contributed by atoms with Crippen molar-refractivity contribution in [2.75, 3.05) is 18.8 Å². The average Bonchev–Trinajstić information content (AvgIpc) is 2.44. The zero-order valence-corrected chi connectivity index (χ0v) is 14.8. The maximum atomic E-state index is 12.1. The Labute approximate surface area is 140 Å². The van der Waals surface area contributed by atoms with Gasteiger partial charge in [0.25, 0.3) is 0 Å². The van der Waals surface area contributed by atoms with Crippen molar-refractivity contribution in [2.24, 2.45) is 5.92 Å². The van der Waals surface area contributed by atoms with Gasteiger partial charge < -0.3 is 9.64 Å². The van der Waals surface area contributed by atoms with E-state index in [0.717, 1.165) is 36.7 Å². The summed E-state index contributed by atoms with van der Waals surface area (Å²) >= 11 is 7.51. The summed E-state index contributed by atoms with van der Waals surface area (Å²) in [5, 5.41) is 1.32. The van der Waals surface area contributed by atoms with Crippen LogP contribution in [0.5, 0.6) is 0 Å². The third kappa shape index (κ3) is 5.65. The van der Waals surface area contributed by atoms with E-state index in [4.69, 9.17) is 16.3 Å². The van der Waals surface area contributed by atoms with Crippen molar-refractivity contribution in [2.45, 2.75) is 44.2 Å². The van der Waals surface area contributed by atoms with Crippen LogP contribution in [0.2, 0.25) is 5.15 Å². The minimum absolute atomic E-state index is 0.215. The molecule has 22 heavy (non-hydrogen) atoms. The minimum atomic E-state index is -0.448. The highest BCUT2D eigenvalue weighted by molar-refractivity contribution is 7.99. The summed E-state index contributed by atoms with van der Waals surface area (Å²) in [5.41, 5.74) is -0.448. The lowest BCUT2D eigenvalue weighted by molar-refractivity contribution is 0.0177. The van der Waals surface area contributed by atoms with Crippen molar-refractivity contribution in [1.29, 1.82) is 0 Å². The van der Waals surface area contributed by atoms with Crippen LogP contribution in [0, 0.1) is 5.92 Å². The molecular formula is C15H22ClN3O2S. The average molecular weight is 344 g/mol. The van der Waals surface area contributed by atoms with Gasteiger partial charge in [0.05, 0.1) is 0 Å². The minimum Gasteiger partial charge on any atom is -0.444 e. The number of likely N-dealkylation sites (tertiary alicyclic amines) is 1. The van der Waals surface area contributed by atoms with E-state index < -0.39 is 5.60 Å². The number of thioether (sulfide) groups is 1. The van der Waals surface area contributed by atoms with Crippen molar-refractivity contribution < 1.29 is 9.53 Å². The standard InChI is InChI=1S/C15H22ClN3O2S/c1-15(2,3)21-14(20)19-6-4-5-11(8-19)9-22-13-7-12(16)17-10-18-13/h7,10-11H,4-6,8-9H2,1-3H3/t11-/m1/s1. The summed E-state index contributed by atoms with van der Waals surface area (Å²) in [7, 11) is 0. The van der Waals surface area contributed by atoms with Gasteiger partial charge in [-0.25, -0.2) is 14.8 Å². The van der Waals surface area contributed by atoms with Crippen molar-refractivity contribution >= 4 is 29.5 Å². The fraction of sp³-hybridized carbons (Fsp3) is 0.667. The van der Waals surface area contributed by atoms with Crippen LogP contribution in [-0.2, 0) is 4.74 Å². The third-order valence-electron chi connectivity index (χ3n) is 3.25. The highest BCUT2D eigenvalue weighted by atomic mass is 35.5. The molecule has 0 aliphatic carbocycles. The molecule has 122 valence electrons. The smallest absolute Gasteiger partial charge is 0.410 e. The zero-order chi connectivity index (χ0) is 16.2. The second-order valence-corrected chi connectivity index (χ2v) is 7.85. The first-order valence-corrected chi connectivity index (χ1v) is 8.78. The Hall–Kier alpha value is -1.01. The van der Waals surface area contributed by atoms with Crippen molar-refractivity contribution in [3.63, 3.8) is 0 Å². The highest BCUT2D eigenvalue weighted by Gasteiger charge is 2.27. The molecule has 0 aromatic carbocycles. The number of piperidine rings is 1. The van der Waals surface area contributed by atoms with E-state index in [1.165, 1.54) is 6.33 Å². The fourth-order valence-electron chi connectivity index (χ4n) is 2.29. The Kier molecular flexibility index (Phi) is 5.92. The van der Waals surface area contributed by atoms with Gasteiger partial charge in [-0.2, -0.15) is 0 Å². The van der Waals surface area contributed by atoms with Crippen LogP contribution in [0.3, 0.4) is 0 Å². The lowest BCUT2D eigenvalue weighted by Crippen LogP contribution is -2.43. The number of carbonyl (C=O) groups excluding carboxylic acids is 1. The van der Waals surface area contributed by atoms with Crippen LogP contribution >= 0.6 is 23.4 Å². The fourth-order valence-corrected chi connectivity index (χ4v) is 3.50. The van der Waals surface area contributed by atoms with E-state index >= 15 is 0 Å². The number of hydrogen-bond donors (Lipinski definition) is 0. The van der Waals surface area contributed by atoms with Gasteiger partial charge in [0.15, 0.2) is 0 Å². The first kappa shape index (κ1) is 17.3. The second kappa shape index (κ2) is 7.51. The second-order valence-electron chi connectivity index (χ2n) is 6.42. The summed E-state index contributed by atoms with van der Waals surface area (Å²) in [4.78, 5) is 22.0. The van der Waals surface area contributed by atoms with Gasteiger partial charge in [-0.05, 0) is 39.5 Å². The molecule has 7 heteroatoms. The van der Waals surface area contributed by atoms with Gasteiger partial charge in [-0.15, -0.1) is 11.8 Å². The number of hydrogen-bond acceptors (Lipinski definition) is 5. The number of rotatable bonds is 3. The topological polar surface area (TPSA) is 55.3 Å². The van der Waals surface area contributed by atoms with E-state index in [1.54, 1.807) is 17.8 Å². The molecule has 1 aliphatic rings. The maximum Gasteiger partial charge on any atom is 0.410 e. The lowest BCUT2D eigenvalue weighted by atomic mass is 10.0. The summed E-state index contributed by atoms with van der Waals surface area (Å²) in [5.74, 6) is 1.35. The molecule has 0 bridgehead atoms. The molecule has 0 saturated carbocycles. The molecule has 1 atom stereocenters. The van der Waals surface area contributed by atoms with Crippen LogP contribution in [0.15, 0.2) is 17.4 Å². The monoisotopic (exact) mass is 343 g/mol. The molecule has 1 fully saturated rings. The van der Waals surface area contributed by atoms with Crippen LogP contribution < -0.4 is 0 Å². The van der Waals surface area contributed by atoms with Gasteiger partial charge >= 0.3 is 6.09 Å². The number of aromatic nitrogens is 2. The molecule has 1 saturated heterocycles. The van der Waals surface area contributed by atoms with Crippen molar-refractivity contribution in [1.82, 2.24) is 14.9 Å². The first-order valence-electron chi connectivity index (χ1n) is 7.42. The largest absolute Gasteiger partial charge is 0.444 e. The molecule has 1 aliphatic heterocycles. The molecule has 1 amide bonds.